The molecule has 4 heteroatoms. The molecule has 0 N–H and O–H groups in total. The number of nitrogens with zero attached hydrogens (tertiary/aromatic N) is 1. The topological polar surface area (TPSA) is 12.5 Å². The Morgan fingerprint density at radius 3 is 2.51 bits per heavy atom. The first-order valence-electron chi connectivity index (χ1n) is 19.3. The van der Waals surface area contributed by atoms with E-state index < -0.39 is 11.6 Å². The van der Waals surface area contributed by atoms with Crippen molar-refractivity contribution in [2.45, 2.75) is 93.5 Å². The second-order valence-electron chi connectivity index (χ2n) is 15.7. The molecule has 8 unspecified atom stereocenters. The third-order valence-electron chi connectivity index (χ3n) is 13.3. The fraction of sp³-hybridized carbons (Fsp3) is 0.362. The van der Waals surface area contributed by atoms with E-state index in [1.807, 2.05) is 0 Å². The average Bonchev–Trinajstić information content (AvgIpc) is 3.69. The van der Waals surface area contributed by atoms with E-state index in [-0.39, 0.29) is 29.8 Å². The maximum absolute atomic E-state index is 14.9. The summed E-state index contributed by atoms with van der Waals surface area (Å²) in [5.41, 5.74) is 7.88. The van der Waals surface area contributed by atoms with Gasteiger partial charge in [-0.05, 0) is 121 Å². The summed E-state index contributed by atoms with van der Waals surface area (Å²) in [6, 6.07) is 25.0. The first kappa shape index (κ1) is 31.3. The fourth-order valence-corrected chi connectivity index (χ4v) is 11.2. The van der Waals surface area contributed by atoms with Crippen LogP contribution in [0.25, 0.3) is 10.8 Å². The smallest absolute Gasteiger partial charge is 0.127 e. The number of alkyl halides is 1. The third kappa shape index (κ3) is 4.92. The van der Waals surface area contributed by atoms with Gasteiger partial charge in [-0.15, -0.1) is 0 Å². The molecule has 0 fully saturated rings. The standard InChI is InChI=1S/C47H45F2NO/c48-33-19-15-31(16-20-33)47(32-17-21-34(49)22-18-32)42-27-14-30-8-4-5-11-38(30)46(42)41-26-24-36(28-43(41)47)50(35-9-2-1-3-10-35)37-23-25-40-39-12-6-7-13-44(39)51-45(40)29-37/h1-15,17,19-20,27-28,31,34,36-37,39,41,44H,16,18,21-26,29H2. The van der Waals surface area contributed by atoms with Crippen molar-refractivity contribution in [3.8, 4) is 0 Å². The molecule has 1 aliphatic heterocycles. The molecule has 0 radical (unpaired) electrons. The monoisotopic (exact) mass is 677 g/mol. The van der Waals surface area contributed by atoms with E-state index >= 15 is 0 Å². The molecule has 0 saturated carbocycles. The molecule has 3 aromatic carbocycles. The van der Waals surface area contributed by atoms with Gasteiger partial charge >= 0.3 is 0 Å². The zero-order chi connectivity index (χ0) is 34.1. The normalized spacial score (nSPS) is 33.5. The first-order chi connectivity index (χ1) is 25.1. The molecular formula is C47H45F2NO. The molecule has 1 heterocycles. The van der Waals surface area contributed by atoms with Crippen molar-refractivity contribution in [2.75, 3.05) is 4.90 Å². The third-order valence-corrected chi connectivity index (χ3v) is 13.3. The molecule has 0 spiro atoms. The van der Waals surface area contributed by atoms with Crippen LogP contribution >= 0.6 is 0 Å². The number of halogens is 2. The minimum Gasteiger partial charge on any atom is -0.490 e. The minimum atomic E-state index is -0.807. The predicted octanol–water partition coefficient (Wildman–Crippen LogP) is 11.6. The van der Waals surface area contributed by atoms with Crippen LogP contribution in [0.2, 0.25) is 0 Å². The number of hydrogen-bond donors (Lipinski definition) is 0. The number of anilines is 1. The van der Waals surface area contributed by atoms with Gasteiger partial charge in [-0.2, -0.15) is 0 Å². The summed E-state index contributed by atoms with van der Waals surface area (Å²) in [6.45, 7) is 0. The van der Waals surface area contributed by atoms with Crippen LogP contribution in [0.15, 0.2) is 150 Å². The van der Waals surface area contributed by atoms with Crippen molar-refractivity contribution >= 4 is 16.5 Å². The lowest BCUT2D eigenvalue weighted by Gasteiger charge is -2.47. The van der Waals surface area contributed by atoms with Crippen LogP contribution in [0.4, 0.5) is 14.5 Å². The Balaban J connectivity index is 1.14. The molecule has 258 valence electrons. The van der Waals surface area contributed by atoms with Gasteiger partial charge in [-0.3, -0.25) is 0 Å². The maximum Gasteiger partial charge on any atom is 0.127 e. The van der Waals surface area contributed by atoms with E-state index in [9.17, 15) is 8.78 Å². The van der Waals surface area contributed by atoms with Gasteiger partial charge in [0, 0.05) is 41.4 Å². The lowest BCUT2D eigenvalue weighted by atomic mass is 9.58. The summed E-state index contributed by atoms with van der Waals surface area (Å²) in [6.07, 6.45) is 26.1. The summed E-state index contributed by atoms with van der Waals surface area (Å²) >= 11 is 0. The Labute approximate surface area is 300 Å². The average molecular weight is 678 g/mol. The van der Waals surface area contributed by atoms with E-state index in [4.69, 9.17) is 4.74 Å². The molecule has 0 aromatic heterocycles. The van der Waals surface area contributed by atoms with Crippen LogP contribution < -0.4 is 4.90 Å². The van der Waals surface area contributed by atoms with Crippen molar-refractivity contribution in [3.05, 3.63) is 161 Å². The molecular weight excluding hydrogens is 633 g/mol. The van der Waals surface area contributed by atoms with Gasteiger partial charge in [-0.1, -0.05) is 96.6 Å². The van der Waals surface area contributed by atoms with E-state index in [0.29, 0.717) is 31.2 Å². The molecule has 0 amide bonds. The highest BCUT2D eigenvalue weighted by molar-refractivity contribution is 5.90. The van der Waals surface area contributed by atoms with Crippen LogP contribution in [0, 0.1) is 11.8 Å². The zero-order valence-electron chi connectivity index (χ0n) is 29.1. The Hall–Kier alpha value is -4.44. The van der Waals surface area contributed by atoms with Crippen LogP contribution in [0.3, 0.4) is 0 Å². The van der Waals surface area contributed by atoms with Crippen molar-refractivity contribution < 1.29 is 13.5 Å². The highest BCUT2D eigenvalue weighted by Gasteiger charge is 2.56. The Kier molecular flexibility index (Phi) is 7.59. The molecule has 10 rings (SSSR count). The number of rotatable bonds is 5. The van der Waals surface area contributed by atoms with Gasteiger partial charge in [0.05, 0.1) is 5.76 Å². The molecule has 3 aromatic rings. The number of hydrogen-bond acceptors (Lipinski definition) is 2. The second-order valence-corrected chi connectivity index (χ2v) is 15.7. The van der Waals surface area contributed by atoms with Gasteiger partial charge in [0.1, 0.15) is 18.1 Å². The Morgan fingerprint density at radius 1 is 0.804 bits per heavy atom. The summed E-state index contributed by atoms with van der Waals surface area (Å²) in [7, 11) is 0. The fourth-order valence-electron chi connectivity index (χ4n) is 11.2. The number of para-hydroxylation sites is 1. The van der Waals surface area contributed by atoms with Crippen LogP contribution in [-0.2, 0) is 10.2 Å². The zero-order valence-corrected chi connectivity index (χ0v) is 29.1. The van der Waals surface area contributed by atoms with E-state index in [0.717, 1.165) is 38.5 Å². The van der Waals surface area contributed by atoms with Crippen molar-refractivity contribution in [1.82, 2.24) is 0 Å². The molecule has 2 nitrogen and oxygen atoms in total. The second kappa shape index (κ2) is 12.4. The van der Waals surface area contributed by atoms with Crippen LogP contribution in [-0.4, -0.2) is 24.4 Å². The molecule has 8 atom stereocenters. The van der Waals surface area contributed by atoms with Gasteiger partial charge in [0.25, 0.3) is 0 Å². The highest BCUT2D eigenvalue weighted by atomic mass is 19.1. The molecule has 6 aliphatic carbocycles. The number of ether oxygens (including phenoxy) is 1. The largest absolute Gasteiger partial charge is 0.490 e. The summed E-state index contributed by atoms with van der Waals surface area (Å²) in [5, 5.41) is 2.58. The van der Waals surface area contributed by atoms with Crippen LogP contribution in [0.5, 0.6) is 0 Å². The molecule has 51 heavy (non-hydrogen) atoms. The Morgan fingerprint density at radius 2 is 1.67 bits per heavy atom. The summed E-state index contributed by atoms with van der Waals surface area (Å²) in [5.74, 6) is 1.72. The number of fused-ring (bicyclic) bond motifs is 7. The van der Waals surface area contributed by atoms with Crippen molar-refractivity contribution in [3.63, 3.8) is 0 Å². The lowest BCUT2D eigenvalue weighted by Crippen LogP contribution is -2.47. The Bertz CT molecular complexity index is 2100. The summed E-state index contributed by atoms with van der Waals surface area (Å²) < 4.78 is 36.3. The minimum absolute atomic E-state index is 0.0539. The van der Waals surface area contributed by atoms with Gasteiger partial charge in [-0.25, -0.2) is 8.78 Å². The SMILES string of the molecule is FC1=CCC(C2(C3=CCC(F)CC3)C3=CC(N(c4ccccc4)C4CCC5=C(C4)OC4C=CC=CC54)CCC3c3c2ccc2ccccc32)C=C1. The van der Waals surface area contributed by atoms with Crippen molar-refractivity contribution in [1.29, 1.82) is 0 Å². The summed E-state index contributed by atoms with van der Waals surface area (Å²) in [4.78, 5) is 2.72. The van der Waals surface area contributed by atoms with Gasteiger partial charge < -0.3 is 9.64 Å². The van der Waals surface area contributed by atoms with E-state index in [2.05, 4.69) is 114 Å². The van der Waals surface area contributed by atoms with Crippen LogP contribution in [0.1, 0.15) is 74.8 Å². The number of benzene rings is 3. The van der Waals surface area contributed by atoms with E-state index in [1.165, 1.54) is 50.1 Å². The highest BCUT2D eigenvalue weighted by Crippen LogP contribution is 2.64. The quantitative estimate of drug-likeness (QED) is 0.249. The maximum atomic E-state index is 14.9. The van der Waals surface area contributed by atoms with Crippen molar-refractivity contribution in [2.24, 2.45) is 11.8 Å². The number of allylic oxidation sites excluding steroid dienone is 9. The predicted molar refractivity (Wildman–Crippen MR) is 203 cm³/mol. The molecule has 7 aliphatic rings. The first-order valence-corrected chi connectivity index (χ1v) is 19.3. The molecule has 0 saturated heterocycles. The molecule has 0 bridgehead atoms. The van der Waals surface area contributed by atoms with Gasteiger partial charge in [0.15, 0.2) is 0 Å². The lowest BCUT2D eigenvalue weighted by molar-refractivity contribution is 0.154. The van der Waals surface area contributed by atoms with Gasteiger partial charge in [0.2, 0.25) is 0 Å². The van der Waals surface area contributed by atoms with E-state index in [1.54, 1.807) is 12.2 Å².